The average molecular weight is 190 g/mol. The lowest BCUT2D eigenvalue weighted by molar-refractivity contribution is -0.402. The van der Waals surface area contributed by atoms with Crippen LogP contribution < -0.4 is 5.73 Å². The topological polar surface area (TPSA) is 63.2 Å². The quantitative estimate of drug-likeness (QED) is 0.453. The van der Waals surface area contributed by atoms with Gasteiger partial charge in [0.2, 0.25) is 0 Å². The Morgan fingerprint density at radius 3 is 2.62 bits per heavy atom. The van der Waals surface area contributed by atoms with E-state index in [-0.39, 0.29) is 12.0 Å². The Labute approximate surface area is 79.4 Å². The van der Waals surface area contributed by atoms with Gasteiger partial charge in [-0.05, 0) is 13.3 Å². The fourth-order valence-corrected chi connectivity index (χ4v) is 0.692. The minimum Gasteiger partial charge on any atom is -0.459 e. The molecule has 0 aliphatic carbocycles. The van der Waals surface area contributed by atoms with Gasteiger partial charge in [0.25, 0.3) is 0 Å². The molecule has 4 nitrogen and oxygen atoms in total. The first-order chi connectivity index (χ1) is 6.18. The van der Waals surface area contributed by atoms with E-state index in [9.17, 15) is 4.79 Å². The Morgan fingerprint density at radius 2 is 2.08 bits per heavy atom. The predicted molar refractivity (Wildman–Crippen MR) is 49.0 cm³/mol. The Bertz CT molecular complexity index is 137. The van der Waals surface area contributed by atoms with Crippen molar-refractivity contribution < 1.29 is 20.0 Å². The second-order valence-corrected chi connectivity index (χ2v) is 3.03. The van der Waals surface area contributed by atoms with E-state index in [1.54, 1.807) is 6.92 Å². The van der Waals surface area contributed by atoms with E-state index in [0.717, 1.165) is 19.4 Å². The van der Waals surface area contributed by atoms with Crippen LogP contribution in [0.5, 0.6) is 0 Å². The molecule has 0 spiro atoms. The Morgan fingerprint density at radius 1 is 1.38 bits per heavy atom. The summed E-state index contributed by atoms with van der Waals surface area (Å²) in [7, 11) is 0. The van der Waals surface area contributed by atoms with Crippen LogP contribution in [0.25, 0.3) is 0 Å². The molecule has 13 heavy (non-hydrogen) atoms. The highest BCUT2D eigenvalue weighted by molar-refractivity contribution is 5.73. The Hall–Kier alpha value is -0.610. The van der Waals surface area contributed by atoms with Gasteiger partial charge in [-0.25, -0.2) is 4.79 Å². The third kappa shape index (κ3) is 7.74. The number of esters is 1. The van der Waals surface area contributed by atoms with Gasteiger partial charge in [-0.3, -0.25) is 0 Å². The molecule has 78 valence electrons. The lowest BCUT2D eigenvalue weighted by atomic mass is 10.4. The van der Waals surface area contributed by atoms with E-state index in [2.05, 4.69) is 12.7 Å². The van der Waals surface area contributed by atoms with Gasteiger partial charge in [-0.2, -0.15) is 0 Å². The number of unbranched alkanes of at least 4 members (excludes halogenated alkanes) is 1. The smallest absolute Gasteiger partial charge is 0.364 e. The minimum atomic E-state index is -0.296. The number of hydrogen-bond acceptors (Lipinski definition) is 3. The van der Waals surface area contributed by atoms with Crippen molar-refractivity contribution in [2.75, 3.05) is 19.8 Å². The summed E-state index contributed by atoms with van der Waals surface area (Å²) in [6.45, 7) is 5.38. The van der Waals surface area contributed by atoms with Crippen LogP contribution in [0.2, 0.25) is 0 Å². The summed E-state index contributed by atoms with van der Waals surface area (Å²) in [5.74, 6) is -0.265. The van der Waals surface area contributed by atoms with Gasteiger partial charge < -0.3 is 15.2 Å². The van der Waals surface area contributed by atoms with Crippen LogP contribution in [0.3, 0.4) is 0 Å². The number of quaternary nitrogens is 1. The molecule has 0 bridgehead atoms. The van der Waals surface area contributed by atoms with Crippen molar-refractivity contribution in [2.24, 2.45) is 0 Å². The third-order valence-corrected chi connectivity index (χ3v) is 1.52. The fraction of sp³-hybridized carbons (Fsp3) is 0.889. The molecule has 0 saturated carbocycles. The number of carbonyl (C=O) groups excluding carboxylic acids is 1. The summed E-state index contributed by atoms with van der Waals surface area (Å²) in [6.07, 6.45) is 2.18. The van der Waals surface area contributed by atoms with Crippen LogP contribution in [0.15, 0.2) is 0 Å². The molecule has 0 aromatic carbocycles. The van der Waals surface area contributed by atoms with Crippen molar-refractivity contribution in [1.82, 2.24) is 0 Å². The van der Waals surface area contributed by atoms with E-state index in [0.29, 0.717) is 13.2 Å². The molecule has 0 radical (unpaired) electrons. The molecular formula is C9H20NO3+. The predicted octanol–water partition coefficient (Wildman–Crippen LogP) is -0.0233. The summed E-state index contributed by atoms with van der Waals surface area (Å²) in [6, 6.07) is -0.296. The first kappa shape index (κ1) is 12.4. The molecule has 1 atom stereocenters. The molecule has 4 heteroatoms. The monoisotopic (exact) mass is 190 g/mol. The normalized spacial score (nSPS) is 12.5. The van der Waals surface area contributed by atoms with Crippen LogP contribution in [-0.4, -0.2) is 31.8 Å². The zero-order valence-electron chi connectivity index (χ0n) is 8.54. The van der Waals surface area contributed by atoms with Crippen molar-refractivity contribution in [3.05, 3.63) is 0 Å². The average Bonchev–Trinajstić information content (AvgIpc) is 2.10. The number of ether oxygens (including phenoxy) is 2. The second-order valence-electron chi connectivity index (χ2n) is 3.03. The molecule has 0 fully saturated rings. The van der Waals surface area contributed by atoms with Gasteiger partial charge in [-0.1, -0.05) is 13.3 Å². The van der Waals surface area contributed by atoms with E-state index < -0.39 is 0 Å². The van der Waals surface area contributed by atoms with Gasteiger partial charge in [-0.15, -0.1) is 0 Å². The van der Waals surface area contributed by atoms with Gasteiger partial charge in [0.15, 0.2) is 6.04 Å². The van der Waals surface area contributed by atoms with Crippen molar-refractivity contribution in [3.8, 4) is 0 Å². The highest BCUT2D eigenvalue weighted by Crippen LogP contribution is 1.88. The molecule has 0 saturated heterocycles. The number of rotatable bonds is 7. The SMILES string of the molecule is CCCCOCCOC(=O)[C@H](C)[NH3+]. The molecule has 0 aliphatic rings. The zero-order chi connectivity index (χ0) is 10.1. The summed E-state index contributed by atoms with van der Waals surface area (Å²) < 4.78 is 10.1. The molecule has 0 heterocycles. The van der Waals surface area contributed by atoms with Crippen LogP contribution in [0.1, 0.15) is 26.7 Å². The van der Waals surface area contributed by atoms with Crippen LogP contribution in [0.4, 0.5) is 0 Å². The molecule has 0 aromatic heterocycles. The lowest BCUT2D eigenvalue weighted by Crippen LogP contribution is -2.63. The van der Waals surface area contributed by atoms with Gasteiger partial charge in [0.05, 0.1) is 6.61 Å². The van der Waals surface area contributed by atoms with Gasteiger partial charge in [0.1, 0.15) is 6.61 Å². The van der Waals surface area contributed by atoms with Crippen molar-refractivity contribution in [2.45, 2.75) is 32.7 Å². The maximum atomic E-state index is 10.9. The molecule has 0 aliphatic heterocycles. The minimum absolute atomic E-state index is 0.265. The van der Waals surface area contributed by atoms with E-state index >= 15 is 0 Å². The van der Waals surface area contributed by atoms with E-state index in [1.165, 1.54) is 0 Å². The Balaban J connectivity index is 3.12. The third-order valence-electron chi connectivity index (χ3n) is 1.52. The summed E-state index contributed by atoms with van der Waals surface area (Å²) in [5.41, 5.74) is 3.55. The lowest BCUT2D eigenvalue weighted by Gasteiger charge is -2.05. The van der Waals surface area contributed by atoms with Crippen molar-refractivity contribution in [1.29, 1.82) is 0 Å². The summed E-state index contributed by atoms with van der Waals surface area (Å²) in [5, 5.41) is 0. The summed E-state index contributed by atoms with van der Waals surface area (Å²) in [4.78, 5) is 10.9. The van der Waals surface area contributed by atoms with Crippen molar-refractivity contribution in [3.63, 3.8) is 0 Å². The summed E-state index contributed by atoms with van der Waals surface area (Å²) >= 11 is 0. The maximum Gasteiger partial charge on any atom is 0.364 e. The van der Waals surface area contributed by atoms with Crippen LogP contribution >= 0.6 is 0 Å². The largest absolute Gasteiger partial charge is 0.459 e. The van der Waals surface area contributed by atoms with E-state index in [1.807, 2.05) is 0 Å². The molecule has 0 aromatic rings. The molecular weight excluding hydrogens is 170 g/mol. The van der Waals surface area contributed by atoms with Gasteiger partial charge in [0, 0.05) is 6.61 Å². The maximum absolute atomic E-state index is 10.9. The first-order valence-electron chi connectivity index (χ1n) is 4.76. The van der Waals surface area contributed by atoms with Gasteiger partial charge >= 0.3 is 5.97 Å². The number of carbonyl (C=O) groups is 1. The first-order valence-corrected chi connectivity index (χ1v) is 4.76. The standard InChI is InChI=1S/C9H19NO3/c1-3-4-5-12-6-7-13-9(11)8(2)10/h8H,3-7,10H2,1-2H3/p+1/t8-/m0/s1. The van der Waals surface area contributed by atoms with Crippen molar-refractivity contribution >= 4 is 5.97 Å². The van der Waals surface area contributed by atoms with Crippen LogP contribution in [-0.2, 0) is 14.3 Å². The Kier molecular flexibility index (Phi) is 7.63. The number of hydrogen-bond donors (Lipinski definition) is 1. The zero-order valence-corrected chi connectivity index (χ0v) is 8.54. The molecule has 3 N–H and O–H groups in total. The molecule has 0 unspecified atom stereocenters. The van der Waals surface area contributed by atoms with Crippen LogP contribution in [0, 0.1) is 0 Å². The molecule has 0 rings (SSSR count). The second kappa shape index (κ2) is 8.01. The molecule has 0 amide bonds. The fourth-order valence-electron chi connectivity index (χ4n) is 0.692. The highest BCUT2D eigenvalue weighted by atomic mass is 16.6. The highest BCUT2D eigenvalue weighted by Gasteiger charge is 2.11. The van der Waals surface area contributed by atoms with E-state index in [4.69, 9.17) is 9.47 Å².